The van der Waals surface area contributed by atoms with Crippen LogP contribution in [0.25, 0.3) is 0 Å². The molecule has 3 rings (SSSR count). The summed E-state index contributed by atoms with van der Waals surface area (Å²) in [6.07, 6.45) is 3.71. The monoisotopic (exact) mass is 253 g/mol. The second kappa shape index (κ2) is 4.82. The molecule has 2 heterocycles. The Morgan fingerprint density at radius 3 is 2.89 bits per heavy atom. The molecule has 102 valence electrons. The summed E-state index contributed by atoms with van der Waals surface area (Å²) in [5, 5.41) is 9.90. The fraction of sp³-hybridized carbons (Fsp3) is 0.929. The van der Waals surface area contributed by atoms with Gasteiger partial charge < -0.3 is 14.7 Å². The summed E-state index contributed by atoms with van der Waals surface area (Å²) in [4.78, 5) is 14.5. The number of likely N-dealkylation sites (tertiary alicyclic amines) is 1. The standard InChI is InChI=1S/C14H23NO3/c1-2-13-10(5-6-18-13)14(17)15-7-9-3-4-12(16)11(9)8-15/h9-13,16H,2-8H2,1H3. The van der Waals surface area contributed by atoms with E-state index < -0.39 is 0 Å². The number of aliphatic hydroxyl groups excluding tert-OH is 1. The first kappa shape index (κ1) is 12.4. The number of amides is 1. The molecule has 4 nitrogen and oxygen atoms in total. The van der Waals surface area contributed by atoms with Gasteiger partial charge in [0.25, 0.3) is 0 Å². The van der Waals surface area contributed by atoms with Gasteiger partial charge >= 0.3 is 0 Å². The molecule has 4 heteroatoms. The fourth-order valence-electron chi connectivity index (χ4n) is 3.98. The number of aliphatic hydroxyl groups is 1. The maximum atomic E-state index is 12.5. The van der Waals surface area contributed by atoms with E-state index >= 15 is 0 Å². The predicted molar refractivity (Wildman–Crippen MR) is 66.9 cm³/mol. The van der Waals surface area contributed by atoms with Crippen LogP contribution in [0.4, 0.5) is 0 Å². The lowest BCUT2D eigenvalue weighted by Crippen LogP contribution is -2.38. The van der Waals surface area contributed by atoms with Crippen molar-refractivity contribution in [2.75, 3.05) is 19.7 Å². The molecular formula is C14H23NO3. The Labute approximate surface area is 108 Å². The summed E-state index contributed by atoms with van der Waals surface area (Å²) in [5.41, 5.74) is 0. The second-order valence-corrected chi connectivity index (χ2v) is 6.02. The van der Waals surface area contributed by atoms with Crippen LogP contribution in [-0.2, 0) is 9.53 Å². The van der Waals surface area contributed by atoms with Gasteiger partial charge in [0.05, 0.1) is 18.1 Å². The van der Waals surface area contributed by atoms with Crippen molar-refractivity contribution < 1.29 is 14.6 Å². The highest BCUT2D eigenvalue weighted by molar-refractivity contribution is 5.80. The molecule has 1 amide bonds. The first-order valence-corrected chi connectivity index (χ1v) is 7.29. The summed E-state index contributed by atoms with van der Waals surface area (Å²) in [6.45, 7) is 4.42. The average Bonchev–Trinajstić information content (AvgIpc) is 3.05. The van der Waals surface area contributed by atoms with Gasteiger partial charge in [-0.25, -0.2) is 0 Å². The number of hydrogen-bond acceptors (Lipinski definition) is 3. The molecule has 0 radical (unpaired) electrons. The van der Waals surface area contributed by atoms with Gasteiger partial charge in [0.1, 0.15) is 0 Å². The Balaban J connectivity index is 1.64. The Morgan fingerprint density at radius 2 is 2.17 bits per heavy atom. The molecule has 0 spiro atoms. The fourth-order valence-corrected chi connectivity index (χ4v) is 3.98. The van der Waals surface area contributed by atoms with Crippen molar-refractivity contribution in [2.24, 2.45) is 17.8 Å². The lowest BCUT2D eigenvalue weighted by Gasteiger charge is -2.24. The maximum absolute atomic E-state index is 12.5. The molecule has 0 bridgehead atoms. The first-order valence-electron chi connectivity index (χ1n) is 7.29. The largest absolute Gasteiger partial charge is 0.393 e. The summed E-state index contributed by atoms with van der Waals surface area (Å²) >= 11 is 0. The molecule has 0 aromatic carbocycles. The Bertz CT molecular complexity index is 333. The van der Waals surface area contributed by atoms with E-state index in [1.807, 2.05) is 4.90 Å². The molecule has 5 unspecified atom stereocenters. The Hall–Kier alpha value is -0.610. The topological polar surface area (TPSA) is 49.8 Å². The molecule has 2 saturated heterocycles. The van der Waals surface area contributed by atoms with E-state index in [1.165, 1.54) is 0 Å². The smallest absolute Gasteiger partial charge is 0.228 e. The maximum Gasteiger partial charge on any atom is 0.228 e. The number of rotatable bonds is 2. The van der Waals surface area contributed by atoms with Gasteiger partial charge in [-0.15, -0.1) is 0 Å². The third-order valence-electron chi connectivity index (χ3n) is 5.06. The highest BCUT2D eigenvalue weighted by Crippen LogP contribution is 2.39. The molecule has 1 N–H and O–H groups in total. The van der Waals surface area contributed by atoms with Crippen molar-refractivity contribution in [3.05, 3.63) is 0 Å². The van der Waals surface area contributed by atoms with Crippen LogP contribution in [-0.4, -0.2) is 47.8 Å². The van der Waals surface area contributed by atoms with E-state index in [9.17, 15) is 9.90 Å². The SMILES string of the molecule is CCC1OCCC1C(=O)N1CC2CCC(O)C2C1. The first-order chi connectivity index (χ1) is 8.70. The van der Waals surface area contributed by atoms with Crippen molar-refractivity contribution in [1.82, 2.24) is 4.90 Å². The zero-order chi connectivity index (χ0) is 12.7. The minimum Gasteiger partial charge on any atom is -0.393 e. The number of carbonyl (C=O) groups is 1. The van der Waals surface area contributed by atoms with E-state index in [2.05, 4.69) is 6.92 Å². The van der Waals surface area contributed by atoms with E-state index in [1.54, 1.807) is 0 Å². The molecule has 3 aliphatic rings. The number of nitrogens with zero attached hydrogens (tertiary/aromatic N) is 1. The van der Waals surface area contributed by atoms with E-state index in [0.717, 1.165) is 45.4 Å². The van der Waals surface area contributed by atoms with Gasteiger partial charge in [0.2, 0.25) is 5.91 Å². The minimum absolute atomic E-state index is 0.0611. The number of carbonyl (C=O) groups excluding carboxylic acids is 1. The number of hydrogen-bond donors (Lipinski definition) is 1. The highest BCUT2D eigenvalue weighted by Gasteiger charge is 2.45. The third-order valence-corrected chi connectivity index (χ3v) is 5.06. The molecule has 3 fully saturated rings. The molecule has 5 atom stereocenters. The van der Waals surface area contributed by atoms with Crippen molar-refractivity contribution >= 4 is 5.91 Å². The van der Waals surface area contributed by atoms with Crippen LogP contribution in [0, 0.1) is 17.8 Å². The lowest BCUT2D eigenvalue weighted by molar-refractivity contribution is -0.136. The van der Waals surface area contributed by atoms with Crippen molar-refractivity contribution in [3.8, 4) is 0 Å². The normalized spacial score (nSPS) is 43.4. The van der Waals surface area contributed by atoms with Gasteiger partial charge in [-0.2, -0.15) is 0 Å². The molecule has 2 aliphatic heterocycles. The minimum atomic E-state index is -0.186. The van der Waals surface area contributed by atoms with Crippen LogP contribution in [0.1, 0.15) is 32.6 Å². The summed E-state index contributed by atoms with van der Waals surface area (Å²) in [6, 6.07) is 0. The average molecular weight is 253 g/mol. The molecular weight excluding hydrogens is 230 g/mol. The van der Waals surface area contributed by atoms with Gasteiger partial charge in [-0.05, 0) is 31.6 Å². The quantitative estimate of drug-likeness (QED) is 0.799. The van der Waals surface area contributed by atoms with Gasteiger partial charge in [-0.1, -0.05) is 6.92 Å². The van der Waals surface area contributed by atoms with Crippen LogP contribution in [0.2, 0.25) is 0 Å². The van der Waals surface area contributed by atoms with E-state index in [0.29, 0.717) is 11.8 Å². The van der Waals surface area contributed by atoms with E-state index in [4.69, 9.17) is 4.74 Å². The Kier molecular flexibility index (Phi) is 3.32. The summed E-state index contributed by atoms with van der Waals surface area (Å²) < 4.78 is 5.61. The highest BCUT2D eigenvalue weighted by atomic mass is 16.5. The second-order valence-electron chi connectivity index (χ2n) is 6.02. The zero-order valence-corrected chi connectivity index (χ0v) is 11.0. The molecule has 18 heavy (non-hydrogen) atoms. The van der Waals surface area contributed by atoms with E-state index in [-0.39, 0.29) is 24.0 Å². The molecule has 0 aromatic rings. The van der Waals surface area contributed by atoms with Crippen LogP contribution >= 0.6 is 0 Å². The molecule has 1 aliphatic carbocycles. The molecule has 0 aromatic heterocycles. The lowest BCUT2D eigenvalue weighted by atomic mass is 9.98. The van der Waals surface area contributed by atoms with Gasteiger partial charge in [0, 0.05) is 25.6 Å². The van der Waals surface area contributed by atoms with Crippen LogP contribution < -0.4 is 0 Å². The van der Waals surface area contributed by atoms with Crippen molar-refractivity contribution in [1.29, 1.82) is 0 Å². The summed E-state index contributed by atoms with van der Waals surface area (Å²) in [7, 11) is 0. The third kappa shape index (κ3) is 1.95. The Morgan fingerprint density at radius 1 is 1.33 bits per heavy atom. The van der Waals surface area contributed by atoms with Crippen molar-refractivity contribution in [3.63, 3.8) is 0 Å². The van der Waals surface area contributed by atoms with Crippen molar-refractivity contribution in [2.45, 2.75) is 44.8 Å². The number of ether oxygens (including phenoxy) is 1. The van der Waals surface area contributed by atoms with Gasteiger partial charge in [-0.3, -0.25) is 4.79 Å². The predicted octanol–water partition coefficient (Wildman–Crippen LogP) is 1.03. The van der Waals surface area contributed by atoms with Crippen LogP contribution in [0.15, 0.2) is 0 Å². The summed E-state index contributed by atoms with van der Waals surface area (Å²) in [5.74, 6) is 1.19. The molecule has 1 saturated carbocycles. The van der Waals surface area contributed by atoms with Gasteiger partial charge in [0.15, 0.2) is 0 Å². The van der Waals surface area contributed by atoms with Crippen LogP contribution in [0.3, 0.4) is 0 Å². The zero-order valence-electron chi connectivity index (χ0n) is 11.0. The van der Waals surface area contributed by atoms with Crippen LogP contribution in [0.5, 0.6) is 0 Å². The number of fused-ring (bicyclic) bond motifs is 1.